The van der Waals surface area contributed by atoms with Crippen LogP contribution in [0.25, 0.3) is 0 Å². The maximum Gasteiger partial charge on any atom is 0.433 e. The van der Waals surface area contributed by atoms with Gasteiger partial charge in [-0.2, -0.15) is 36.6 Å². The van der Waals surface area contributed by atoms with Gasteiger partial charge >= 0.3 is 12.4 Å². The number of carbonyl (C=O) groups is 1. The number of nitriles is 1. The highest BCUT2D eigenvalue weighted by Crippen LogP contribution is 2.31. The minimum atomic E-state index is -4.87. The molecule has 12 heteroatoms. The molecule has 1 heterocycles. The van der Waals surface area contributed by atoms with Crippen LogP contribution in [0.5, 0.6) is 0 Å². The average Bonchev–Trinajstić information content (AvgIpc) is 2.64. The molecule has 0 saturated carbocycles. The van der Waals surface area contributed by atoms with Gasteiger partial charge in [-0.15, -0.1) is 0 Å². The Morgan fingerprint density at radius 3 is 2.06 bits per heavy atom. The molecule has 0 fully saturated rings. The summed E-state index contributed by atoms with van der Waals surface area (Å²) in [6, 6.07) is 5.31. The standard InChI is InChI=1S/C19H17F6N5O/c1-17(2,3)10-30(15-8-13(19(23,24)25)27-14(9-26)28-15)29-16(31)11-4-6-12(7-5-11)18(20,21)22/h4-8H,10H2,1-3H3,(H,29,31). The number of benzene rings is 1. The lowest BCUT2D eigenvalue weighted by atomic mass is 9.96. The highest BCUT2D eigenvalue weighted by atomic mass is 19.4. The number of halogens is 6. The van der Waals surface area contributed by atoms with E-state index in [1.54, 1.807) is 20.8 Å². The number of rotatable bonds is 4. The van der Waals surface area contributed by atoms with Gasteiger partial charge in [0.2, 0.25) is 5.82 Å². The summed E-state index contributed by atoms with van der Waals surface area (Å²) in [5.74, 6) is -2.02. The Bertz CT molecular complexity index is 987. The van der Waals surface area contributed by atoms with Gasteiger partial charge in [-0.1, -0.05) is 20.8 Å². The number of anilines is 1. The SMILES string of the molecule is CC(C)(C)CN(NC(=O)c1ccc(C(F)(F)F)cc1)c1cc(C(F)(F)F)nc(C#N)n1. The van der Waals surface area contributed by atoms with Gasteiger partial charge in [0.25, 0.3) is 5.91 Å². The maximum absolute atomic E-state index is 13.1. The normalized spacial score (nSPS) is 12.3. The average molecular weight is 445 g/mol. The number of nitrogens with one attached hydrogen (secondary N) is 1. The zero-order chi connectivity index (χ0) is 23.6. The number of carbonyl (C=O) groups excluding carboxylic acids is 1. The number of nitrogens with zero attached hydrogens (tertiary/aromatic N) is 4. The number of hydrazine groups is 1. The summed E-state index contributed by atoms with van der Waals surface area (Å²) >= 11 is 0. The summed E-state index contributed by atoms with van der Waals surface area (Å²) in [7, 11) is 0. The predicted octanol–water partition coefficient (Wildman–Crippen LogP) is 4.58. The lowest BCUT2D eigenvalue weighted by Gasteiger charge is -2.31. The van der Waals surface area contributed by atoms with Crippen molar-refractivity contribution in [3.05, 3.63) is 53.0 Å². The van der Waals surface area contributed by atoms with Crippen LogP contribution in [0.3, 0.4) is 0 Å². The lowest BCUT2D eigenvalue weighted by Crippen LogP contribution is -2.47. The first-order chi connectivity index (χ1) is 14.1. The van der Waals surface area contributed by atoms with Gasteiger partial charge in [-0.05, 0) is 29.7 Å². The molecule has 2 rings (SSSR count). The van der Waals surface area contributed by atoms with Crippen molar-refractivity contribution in [1.82, 2.24) is 15.4 Å². The molecule has 0 aliphatic heterocycles. The van der Waals surface area contributed by atoms with Crippen molar-refractivity contribution in [2.45, 2.75) is 33.1 Å². The van der Waals surface area contributed by atoms with Crippen LogP contribution >= 0.6 is 0 Å². The van der Waals surface area contributed by atoms with E-state index in [4.69, 9.17) is 5.26 Å². The molecule has 6 nitrogen and oxygen atoms in total. The van der Waals surface area contributed by atoms with E-state index >= 15 is 0 Å². The number of alkyl halides is 6. The van der Waals surface area contributed by atoms with Gasteiger partial charge in [0.15, 0.2) is 11.5 Å². The Balaban J connectivity index is 2.42. The summed E-state index contributed by atoms with van der Waals surface area (Å²) < 4.78 is 77.6. The van der Waals surface area contributed by atoms with Crippen molar-refractivity contribution >= 4 is 11.7 Å². The molecule has 0 bridgehead atoms. The largest absolute Gasteiger partial charge is 0.433 e. The number of hydrogen-bond donors (Lipinski definition) is 1. The third kappa shape index (κ3) is 6.56. The van der Waals surface area contributed by atoms with Crippen molar-refractivity contribution in [1.29, 1.82) is 5.26 Å². The molecule has 31 heavy (non-hydrogen) atoms. The number of aromatic nitrogens is 2. The molecule has 1 aromatic carbocycles. The topological polar surface area (TPSA) is 81.9 Å². The fourth-order valence-electron chi connectivity index (χ4n) is 2.42. The smallest absolute Gasteiger partial charge is 0.267 e. The summed E-state index contributed by atoms with van der Waals surface area (Å²) in [6.45, 7) is 5.18. The summed E-state index contributed by atoms with van der Waals surface area (Å²) in [5.41, 5.74) is -0.703. The molecule has 0 radical (unpaired) electrons. The first kappa shape index (κ1) is 23.9. The molecule has 1 N–H and O–H groups in total. The highest BCUT2D eigenvalue weighted by Gasteiger charge is 2.35. The molecule has 2 aromatic rings. The monoisotopic (exact) mass is 445 g/mol. The van der Waals surface area contributed by atoms with Gasteiger partial charge in [-0.3, -0.25) is 15.2 Å². The van der Waals surface area contributed by atoms with Crippen LogP contribution < -0.4 is 10.4 Å². The van der Waals surface area contributed by atoms with E-state index < -0.39 is 46.6 Å². The predicted molar refractivity (Wildman–Crippen MR) is 97.5 cm³/mol. The molecule has 0 atom stereocenters. The van der Waals surface area contributed by atoms with E-state index in [2.05, 4.69) is 15.4 Å². The molecule has 1 amide bonds. The molecule has 1 aromatic heterocycles. The van der Waals surface area contributed by atoms with E-state index in [-0.39, 0.29) is 12.1 Å². The molecule has 0 spiro atoms. The second-order valence-corrected chi connectivity index (χ2v) is 7.71. The molecule has 166 valence electrons. The van der Waals surface area contributed by atoms with Crippen molar-refractivity contribution in [2.75, 3.05) is 11.6 Å². The van der Waals surface area contributed by atoms with Crippen molar-refractivity contribution in [3.8, 4) is 6.07 Å². The first-order valence-electron chi connectivity index (χ1n) is 8.72. The van der Waals surface area contributed by atoms with Crippen LogP contribution in [0.15, 0.2) is 30.3 Å². The minimum absolute atomic E-state index is 0.0292. The molecule has 0 unspecified atom stereocenters. The fourth-order valence-corrected chi connectivity index (χ4v) is 2.42. The van der Waals surface area contributed by atoms with Gasteiger partial charge in [0.05, 0.1) is 5.56 Å². The third-order valence-electron chi connectivity index (χ3n) is 3.72. The Labute approximate surface area is 173 Å². The van der Waals surface area contributed by atoms with Crippen LogP contribution in [0.2, 0.25) is 0 Å². The second kappa shape index (κ2) is 8.41. The van der Waals surface area contributed by atoms with Gasteiger partial charge < -0.3 is 0 Å². The molecule has 0 aliphatic rings. The Hall–Kier alpha value is -3.36. The quantitative estimate of drug-likeness (QED) is 0.550. The summed E-state index contributed by atoms with van der Waals surface area (Å²) in [6.07, 6.45) is -9.45. The zero-order valence-corrected chi connectivity index (χ0v) is 16.6. The molecule has 0 saturated heterocycles. The van der Waals surface area contributed by atoms with Crippen LogP contribution in [0, 0.1) is 16.7 Å². The van der Waals surface area contributed by atoms with Gasteiger partial charge in [-0.25, -0.2) is 4.98 Å². The van der Waals surface area contributed by atoms with Crippen molar-refractivity contribution in [3.63, 3.8) is 0 Å². The molecular formula is C19H17F6N5O. The first-order valence-corrected chi connectivity index (χ1v) is 8.72. The van der Waals surface area contributed by atoms with E-state index in [1.165, 1.54) is 6.07 Å². The van der Waals surface area contributed by atoms with Gasteiger partial charge in [0, 0.05) is 18.2 Å². The Kier molecular flexibility index (Phi) is 6.49. The van der Waals surface area contributed by atoms with Crippen molar-refractivity contribution in [2.24, 2.45) is 5.41 Å². The van der Waals surface area contributed by atoms with E-state index in [0.717, 1.165) is 17.1 Å². The Morgan fingerprint density at radius 1 is 1.03 bits per heavy atom. The van der Waals surface area contributed by atoms with E-state index in [9.17, 15) is 31.1 Å². The van der Waals surface area contributed by atoms with Crippen molar-refractivity contribution < 1.29 is 31.1 Å². The van der Waals surface area contributed by atoms with Crippen LogP contribution in [0.1, 0.15) is 48.2 Å². The van der Waals surface area contributed by atoms with E-state index in [0.29, 0.717) is 18.2 Å². The third-order valence-corrected chi connectivity index (χ3v) is 3.72. The molecular weight excluding hydrogens is 428 g/mol. The van der Waals surface area contributed by atoms with Crippen LogP contribution in [-0.4, -0.2) is 22.4 Å². The van der Waals surface area contributed by atoms with Gasteiger partial charge in [0.1, 0.15) is 6.07 Å². The Morgan fingerprint density at radius 2 is 1.61 bits per heavy atom. The van der Waals surface area contributed by atoms with Crippen LogP contribution in [-0.2, 0) is 12.4 Å². The van der Waals surface area contributed by atoms with Crippen LogP contribution in [0.4, 0.5) is 32.2 Å². The number of amides is 1. The fraction of sp³-hybridized carbons (Fsp3) is 0.368. The summed E-state index contributed by atoms with van der Waals surface area (Å²) in [5, 5.41) is 9.98. The van der Waals surface area contributed by atoms with E-state index in [1.807, 2.05) is 0 Å². The summed E-state index contributed by atoms with van der Waals surface area (Å²) in [4.78, 5) is 19.4. The minimum Gasteiger partial charge on any atom is -0.267 e. The maximum atomic E-state index is 13.1. The zero-order valence-electron chi connectivity index (χ0n) is 16.6. The second-order valence-electron chi connectivity index (χ2n) is 7.71. The number of hydrogen-bond acceptors (Lipinski definition) is 5. The lowest BCUT2D eigenvalue weighted by molar-refractivity contribution is -0.141. The molecule has 0 aliphatic carbocycles. The highest BCUT2D eigenvalue weighted by molar-refractivity contribution is 5.95.